The fourth-order valence-electron chi connectivity index (χ4n) is 3.23. The van der Waals surface area contributed by atoms with Crippen molar-refractivity contribution < 1.29 is 30.6 Å². The van der Waals surface area contributed by atoms with E-state index in [4.69, 9.17) is 7.85 Å². The van der Waals surface area contributed by atoms with Crippen LogP contribution >= 0.6 is 15.9 Å². The van der Waals surface area contributed by atoms with E-state index in [-0.39, 0.29) is 26.3 Å². The van der Waals surface area contributed by atoms with Crippen LogP contribution in [0, 0.1) is 0 Å². The molecule has 0 aliphatic carbocycles. The van der Waals surface area contributed by atoms with Crippen LogP contribution in [0.5, 0.6) is 34.5 Å². The number of para-hydroxylation sites is 1. The molecule has 0 unspecified atom stereocenters. The molecule has 9 heteroatoms. The summed E-state index contributed by atoms with van der Waals surface area (Å²) in [5.74, 6) is -4.18. The molecule has 0 atom stereocenters. The van der Waals surface area contributed by atoms with Gasteiger partial charge in [0.2, 0.25) is 5.75 Å². The summed E-state index contributed by atoms with van der Waals surface area (Å²) in [6, 6.07) is 8.59. The van der Waals surface area contributed by atoms with Gasteiger partial charge in [0.05, 0.1) is 26.3 Å². The van der Waals surface area contributed by atoms with Gasteiger partial charge in [-0.05, 0) is 33.5 Å². The Morgan fingerprint density at radius 3 is 1.85 bits per heavy atom. The van der Waals surface area contributed by atoms with Gasteiger partial charge in [0, 0.05) is 5.69 Å². The van der Waals surface area contributed by atoms with Gasteiger partial charge >= 0.3 is 0 Å². The Morgan fingerprint density at radius 2 is 1.22 bits per heavy atom. The zero-order valence-corrected chi connectivity index (χ0v) is 15.1. The lowest BCUT2D eigenvalue weighted by atomic mass is 9.91. The number of aromatic nitrogens is 1. The number of hydrogen-bond donors (Lipinski definition) is 6. The van der Waals surface area contributed by atoms with Crippen molar-refractivity contribution in [3.63, 3.8) is 0 Å². The van der Waals surface area contributed by atoms with Crippen molar-refractivity contribution in [1.82, 2.24) is 4.57 Å². The van der Waals surface area contributed by atoms with E-state index in [0.717, 1.165) is 0 Å². The lowest BCUT2D eigenvalue weighted by Gasteiger charge is -2.12. The van der Waals surface area contributed by atoms with Gasteiger partial charge in [-0.1, -0.05) is 18.2 Å². The lowest BCUT2D eigenvalue weighted by Crippen LogP contribution is -2.06. The zero-order chi connectivity index (χ0) is 19.6. The highest BCUT2D eigenvalue weighted by molar-refractivity contribution is 9.10. The first-order chi connectivity index (χ1) is 12.8. The average Bonchev–Trinajstić information content (AvgIpc) is 3.04. The first kappa shape index (κ1) is 17.2. The minimum Gasteiger partial charge on any atom is -0.506 e. The monoisotopic (exact) mass is 427 g/mol. The summed E-state index contributed by atoms with van der Waals surface area (Å²) in [7, 11) is 5.71. The van der Waals surface area contributed by atoms with Crippen LogP contribution in [-0.2, 0) is 0 Å². The number of rotatable bonds is 1. The third-order valence-electron chi connectivity index (χ3n) is 4.48. The fourth-order valence-corrected chi connectivity index (χ4v) is 3.80. The van der Waals surface area contributed by atoms with Crippen molar-refractivity contribution in [2.24, 2.45) is 0 Å². The number of benzene rings is 3. The molecule has 0 saturated heterocycles. The van der Waals surface area contributed by atoms with Gasteiger partial charge in [0.1, 0.15) is 13.6 Å². The van der Waals surface area contributed by atoms with Crippen molar-refractivity contribution in [2.75, 3.05) is 0 Å². The average molecular weight is 428 g/mol. The van der Waals surface area contributed by atoms with E-state index >= 15 is 0 Å². The second-order valence-electron chi connectivity index (χ2n) is 5.94. The van der Waals surface area contributed by atoms with Gasteiger partial charge in [-0.15, -0.1) is 0 Å². The third kappa shape index (κ3) is 2.09. The Hall–Kier alpha value is -3.20. The highest BCUT2D eigenvalue weighted by atomic mass is 79.9. The summed E-state index contributed by atoms with van der Waals surface area (Å²) < 4.78 is 1.43. The van der Waals surface area contributed by atoms with Gasteiger partial charge in [0.25, 0.3) is 0 Å². The molecule has 4 rings (SSSR count). The summed E-state index contributed by atoms with van der Waals surface area (Å²) in [6.07, 6.45) is 0. The van der Waals surface area contributed by atoms with Crippen LogP contribution in [-0.4, -0.2) is 43.1 Å². The predicted molar refractivity (Wildman–Crippen MR) is 104 cm³/mol. The van der Waals surface area contributed by atoms with Crippen LogP contribution in [0.1, 0.15) is 0 Å². The smallest absolute Gasteiger partial charge is 0.202 e. The lowest BCUT2D eigenvalue weighted by molar-refractivity contribution is 0.370. The summed E-state index contributed by atoms with van der Waals surface area (Å²) in [4.78, 5) is 0. The van der Waals surface area contributed by atoms with E-state index in [1.807, 2.05) is 0 Å². The SMILES string of the molecule is [B]c1c(O)c(O)c2c3c(O)c(O)c(O)c(Br)c3n(-c3ccccc3)c2c1O. The van der Waals surface area contributed by atoms with E-state index in [1.54, 1.807) is 30.3 Å². The predicted octanol–water partition coefficient (Wildman–Crippen LogP) is 2.57. The molecule has 27 heavy (non-hydrogen) atoms. The van der Waals surface area contributed by atoms with Gasteiger partial charge in [-0.3, -0.25) is 0 Å². The van der Waals surface area contributed by atoms with Crippen LogP contribution in [0.3, 0.4) is 0 Å². The first-order valence-electron chi connectivity index (χ1n) is 7.65. The number of nitrogens with zero attached hydrogens (tertiary/aromatic N) is 1. The summed E-state index contributed by atoms with van der Waals surface area (Å²) in [6.45, 7) is 0. The van der Waals surface area contributed by atoms with Gasteiger partial charge in [0.15, 0.2) is 23.0 Å². The fraction of sp³-hybridized carbons (Fsp3) is 0. The molecule has 0 saturated carbocycles. The molecule has 134 valence electrons. The largest absolute Gasteiger partial charge is 0.506 e. The minimum absolute atomic E-state index is 0.00437. The van der Waals surface area contributed by atoms with Crippen LogP contribution in [0.4, 0.5) is 0 Å². The Morgan fingerprint density at radius 1 is 0.667 bits per heavy atom. The molecule has 2 radical (unpaired) electrons. The van der Waals surface area contributed by atoms with E-state index in [1.165, 1.54) is 4.57 Å². The van der Waals surface area contributed by atoms with Crippen molar-refractivity contribution in [3.8, 4) is 40.2 Å². The quantitative estimate of drug-likeness (QED) is 0.157. The Kier molecular flexibility index (Phi) is 3.61. The molecule has 0 aliphatic heterocycles. The first-order valence-corrected chi connectivity index (χ1v) is 8.44. The Labute approximate surface area is 161 Å². The maximum Gasteiger partial charge on any atom is 0.202 e. The molecular formula is C18H11BBrNO6. The third-order valence-corrected chi connectivity index (χ3v) is 5.23. The van der Waals surface area contributed by atoms with Gasteiger partial charge in [-0.25, -0.2) is 0 Å². The second kappa shape index (κ2) is 5.65. The molecule has 0 fully saturated rings. The normalized spacial score (nSPS) is 11.4. The van der Waals surface area contributed by atoms with Crippen molar-refractivity contribution in [2.45, 2.75) is 0 Å². The number of fused-ring (bicyclic) bond motifs is 3. The molecule has 7 nitrogen and oxygen atoms in total. The molecule has 0 bridgehead atoms. The molecule has 0 amide bonds. The van der Waals surface area contributed by atoms with E-state index in [0.29, 0.717) is 5.69 Å². The molecule has 1 heterocycles. The van der Waals surface area contributed by atoms with Crippen LogP contribution in [0.15, 0.2) is 34.8 Å². The highest BCUT2D eigenvalue weighted by Crippen LogP contribution is 2.54. The molecule has 6 N–H and O–H groups in total. The molecule has 0 aliphatic rings. The summed E-state index contributed by atoms with van der Waals surface area (Å²) in [5, 5.41) is 61.5. The Balaban J connectivity index is 2.45. The minimum atomic E-state index is -0.823. The highest BCUT2D eigenvalue weighted by Gasteiger charge is 2.29. The number of phenols is 6. The summed E-state index contributed by atoms with van der Waals surface area (Å²) in [5.41, 5.74) is 0.163. The molecule has 0 spiro atoms. The van der Waals surface area contributed by atoms with Gasteiger partial charge in [-0.2, -0.15) is 0 Å². The van der Waals surface area contributed by atoms with E-state index < -0.39 is 40.0 Å². The maximum absolute atomic E-state index is 10.6. The van der Waals surface area contributed by atoms with Crippen LogP contribution < -0.4 is 5.46 Å². The molecule has 3 aromatic carbocycles. The van der Waals surface area contributed by atoms with E-state index in [9.17, 15) is 30.6 Å². The number of halogens is 1. The summed E-state index contributed by atoms with van der Waals surface area (Å²) >= 11 is 3.18. The van der Waals surface area contributed by atoms with Crippen molar-refractivity contribution in [1.29, 1.82) is 0 Å². The van der Waals surface area contributed by atoms with Crippen LogP contribution in [0.2, 0.25) is 0 Å². The van der Waals surface area contributed by atoms with Crippen LogP contribution in [0.25, 0.3) is 27.5 Å². The molecule has 1 aromatic heterocycles. The topological polar surface area (TPSA) is 126 Å². The molecule has 4 aromatic rings. The van der Waals surface area contributed by atoms with Crippen molar-refractivity contribution in [3.05, 3.63) is 34.8 Å². The Bertz CT molecular complexity index is 1180. The zero-order valence-electron chi connectivity index (χ0n) is 13.5. The molecular weight excluding hydrogens is 417 g/mol. The number of phenolic OH excluding ortho intramolecular Hbond substituents is 6. The maximum atomic E-state index is 10.6. The second-order valence-corrected chi connectivity index (χ2v) is 6.73. The number of hydrogen-bond acceptors (Lipinski definition) is 6. The standard InChI is InChI=1S/C18H11BBrNO6/c19-9-15(24)12-8(13(22)16(9)25)7-11(10(20)17(26)18(27)14(7)23)21(12)6-4-2-1-3-5-6/h1-5,22-27H. The number of aromatic hydroxyl groups is 6. The van der Waals surface area contributed by atoms with Crippen molar-refractivity contribution >= 4 is 51.0 Å². The van der Waals surface area contributed by atoms with Gasteiger partial charge < -0.3 is 35.2 Å². The van der Waals surface area contributed by atoms with E-state index in [2.05, 4.69) is 15.9 Å².